The smallest absolute Gasteiger partial charge is 0.355 e. The first-order chi connectivity index (χ1) is 14.6. The average molecular weight is 455 g/mol. The van der Waals surface area contributed by atoms with E-state index in [1.165, 1.54) is 7.11 Å². The van der Waals surface area contributed by atoms with E-state index in [2.05, 4.69) is 4.98 Å². The molecule has 31 heavy (non-hydrogen) atoms. The molecule has 1 aromatic rings. The number of amides is 1. The molecule has 0 radical (unpaired) electrons. The Hall–Kier alpha value is -2.36. The van der Waals surface area contributed by atoms with Crippen molar-refractivity contribution >= 4 is 27.7 Å². The fourth-order valence-electron chi connectivity index (χ4n) is 4.70. The van der Waals surface area contributed by atoms with Crippen LogP contribution in [0.1, 0.15) is 70.6 Å². The summed E-state index contributed by atoms with van der Waals surface area (Å²) in [6.45, 7) is 2.77. The molecular formula is C21H30N2O7S. The first kappa shape index (κ1) is 23.3. The number of carbonyl (C=O) groups is 3. The molecule has 172 valence electrons. The van der Waals surface area contributed by atoms with Crippen LogP contribution in [0.5, 0.6) is 0 Å². The number of aryl methyl sites for hydroxylation is 1. The van der Waals surface area contributed by atoms with Crippen LogP contribution in [0.2, 0.25) is 0 Å². The Morgan fingerprint density at radius 3 is 2.29 bits per heavy atom. The molecule has 9 nitrogen and oxygen atoms in total. The van der Waals surface area contributed by atoms with Crippen molar-refractivity contribution in [3.8, 4) is 0 Å². The molecule has 1 aromatic heterocycles. The van der Waals surface area contributed by atoms with E-state index < -0.39 is 28.4 Å². The highest BCUT2D eigenvalue weighted by atomic mass is 32.2. The van der Waals surface area contributed by atoms with Gasteiger partial charge in [0.05, 0.1) is 24.2 Å². The summed E-state index contributed by atoms with van der Waals surface area (Å²) < 4.78 is 34.0. The lowest BCUT2D eigenvalue weighted by Gasteiger charge is -2.38. The van der Waals surface area contributed by atoms with Crippen LogP contribution >= 0.6 is 0 Å². The van der Waals surface area contributed by atoms with Crippen LogP contribution in [-0.4, -0.2) is 73.5 Å². The molecule has 0 spiro atoms. The van der Waals surface area contributed by atoms with Crippen molar-refractivity contribution in [2.75, 3.05) is 25.2 Å². The average Bonchev–Trinajstić information content (AvgIpc) is 3.24. The van der Waals surface area contributed by atoms with Crippen molar-refractivity contribution in [2.45, 2.75) is 64.5 Å². The third-order valence-corrected chi connectivity index (χ3v) is 7.97. The fourth-order valence-corrected chi connectivity index (χ4v) is 6.41. The lowest BCUT2D eigenvalue weighted by molar-refractivity contribution is -0.140. The molecule has 1 saturated heterocycles. The lowest BCUT2D eigenvalue weighted by Crippen LogP contribution is -2.50. The Labute approximate surface area is 182 Å². The summed E-state index contributed by atoms with van der Waals surface area (Å²) in [7, 11) is -1.90. The fraction of sp³-hybridized carbons (Fsp3) is 0.667. The predicted molar refractivity (Wildman–Crippen MR) is 113 cm³/mol. The number of H-pyrrole nitrogens is 1. The van der Waals surface area contributed by atoms with E-state index in [0.717, 1.165) is 32.1 Å². The maximum Gasteiger partial charge on any atom is 0.355 e. The molecule has 1 N–H and O–H groups in total. The Balaban J connectivity index is 1.72. The van der Waals surface area contributed by atoms with Crippen molar-refractivity contribution in [3.05, 3.63) is 22.5 Å². The zero-order valence-electron chi connectivity index (χ0n) is 18.2. The number of hydrogen-bond acceptors (Lipinski definition) is 7. The van der Waals surface area contributed by atoms with Gasteiger partial charge in [-0.1, -0.05) is 19.3 Å². The Morgan fingerprint density at radius 1 is 1.03 bits per heavy atom. The molecule has 1 saturated carbocycles. The number of esters is 2. The normalized spacial score (nSPS) is 20.9. The van der Waals surface area contributed by atoms with Crippen LogP contribution in [0.25, 0.3) is 0 Å². The number of aromatic nitrogens is 1. The van der Waals surface area contributed by atoms with Crippen molar-refractivity contribution in [1.82, 2.24) is 9.88 Å². The molecule has 10 heteroatoms. The van der Waals surface area contributed by atoms with Crippen molar-refractivity contribution in [3.63, 3.8) is 0 Å². The van der Waals surface area contributed by atoms with Crippen molar-refractivity contribution in [2.24, 2.45) is 0 Å². The first-order valence-corrected chi connectivity index (χ1v) is 12.4. The van der Waals surface area contributed by atoms with E-state index in [1.807, 2.05) is 0 Å². The molecule has 1 aliphatic heterocycles. The first-order valence-electron chi connectivity index (χ1n) is 10.6. The van der Waals surface area contributed by atoms with Gasteiger partial charge >= 0.3 is 11.9 Å². The van der Waals surface area contributed by atoms with E-state index in [0.29, 0.717) is 17.7 Å². The largest absolute Gasteiger partial charge is 0.465 e. The summed E-state index contributed by atoms with van der Waals surface area (Å²) in [5, 5.41) is 0. The summed E-state index contributed by atoms with van der Waals surface area (Å²) in [6.07, 6.45) is 5.15. The molecule has 1 amide bonds. The van der Waals surface area contributed by atoms with Gasteiger partial charge in [0.2, 0.25) is 0 Å². The Kier molecular flexibility index (Phi) is 7.08. The van der Waals surface area contributed by atoms with Crippen molar-refractivity contribution < 1.29 is 32.3 Å². The summed E-state index contributed by atoms with van der Waals surface area (Å²) in [5.41, 5.74) is 1.23. The SMILES string of the molecule is COC(=O)c1c(C)[nH]c(C(=O)OCC(=O)N(C2CCCCC2)C2CCS(=O)(=O)C2)c1C. The Bertz CT molecular complexity index is 961. The lowest BCUT2D eigenvalue weighted by atomic mass is 9.93. The molecule has 0 bridgehead atoms. The summed E-state index contributed by atoms with van der Waals surface area (Å²) >= 11 is 0. The van der Waals surface area contributed by atoms with Gasteiger partial charge in [-0.25, -0.2) is 18.0 Å². The van der Waals surface area contributed by atoms with Crippen LogP contribution in [0.4, 0.5) is 0 Å². The van der Waals surface area contributed by atoms with E-state index >= 15 is 0 Å². The highest BCUT2D eigenvalue weighted by Gasteiger charge is 2.39. The second kappa shape index (κ2) is 9.42. The summed E-state index contributed by atoms with van der Waals surface area (Å²) in [5.74, 6) is -1.65. The van der Waals surface area contributed by atoms with Gasteiger partial charge in [-0.3, -0.25) is 4.79 Å². The van der Waals surface area contributed by atoms with Crippen LogP contribution in [0, 0.1) is 13.8 Å². The second-order valence-electron chi connectivity index (χ2n) is 8.34. The van der Waals surface area contributed by atoms with Gasteiger partial charge in [-0.2, -0.15) is 0 Å². The molecule has 2 fully saturated rings. The highest BCUT2D eigenvalue weighted by Crippen LogP contribution is 2.28. The zero-order chi connectivity index (χ0) is 22.8. The number of hydrogen-bond donors (Lipinski definition) is 1. The molecule has 0 aromatic carbocycles. The Morgan fingerprint density at radius 2 is 1.71 bits per heavy atom. The molecule has 1 atom stereocenters. The third kappa shape index (κ3) is 5.11. The molecule has 1 unspecified atom stereocenters. The minimum atomic E-state index is -3.16. The minimum absolute atomic E-state index is 0.0290. The van der Waals surface area contributed by atoms with Gasteiger partial charge < -0.3 is 19.4 Å². The second-order valence-corrected chi connectivity index (χ2v) is 10.6. The number of sulfone groups is 1. The van der Waals surface area contributed by atoms with Gasteiger partial charge in [-0.15, -0.1) is 0 Å². The number of carbonyl (C=O) groups excluding carboxylic acids is 3. The van der Waals surface area contributed by atoms with E-state index in [-0.39, 0.29) is 40.8 Å². The summed E-state index contributed by atoms with van der Waals surface area (Å²) in [6, 6.07) is -0.404. The number of methoxy groups -OCH3 is 1. The zero-order valence-corrected chi connectivity index (χ0v) is 19.0. The maximum absolute atomic E-state index is 13.1. The van der Waals surface area contributed by atoms with Gasteiger partial charge in [-0.05, 0) is 38.7 Å². The van der Waals surface area contributed by atoms with Crippen LogP contribution in [-0.2, 0) is 24.1 Å². The van der Waals surface area contributed by atoms with E-state index in [1.54, 1.807) is 18.7 Å². The monoisotopic (exact) mass is 454 g/mol. The minimum Gasteiger partial charge on any atom is -0.465 e. The van der Waals surface area contributed by atoms with Gasteiger partial charge in [0.1, 0.15) is 5.69 Å². The number of nitrogens with one attached hydrogen (secondary N) is 1. The third-order valence-electron chi connectivity index (χ3n) is 6.22. The number of rotatable bonds is 6. The van der Waals surface area contributed by atoms with E-state index in [9.17, 15) is 22.8 Å². The van der Waals surface area contributed by atoms with Crippen LogP contribution in [0.3, 0.4) is 0 Å². The number of nitrogens with zero attached hydrogens (tertiary/aromatic N) is 1. The molecule has 3 rings (SSSR count). The van der Waals surface area contributed by atoms with Crippen LogP contribution < -0.4 is 0 Å². The van der Waals surface area contributed by atoms with Gasteiger partial charge in [0.25, 0.3) is 5.91 Å². The molecule has 1 aliphatic carbocycles. The van der Waals surface area contributed by atoms with Crippen molar-refractivity contribution in [1.29, 1.82) is 0 Å². The quantitative estimate of drug-likeness (QED) is 0.652. The topological polar surface area (TPSA) is 123 Å². The standard InChI is InChI=1S/C21H30N2O7S/c1-13-18(20(25)29-3)14(2)22-19(13)21(26)30-11-17(24)23(15-7-5-4-6-8-15)16-9-10-31(27,28)12-16/h15-16,22H,4-12H2,1-3H3. The molecule has 2 heterocycles. The highest BCUT2D eigenvalue weighted by molar-refractivity contribution is 7.91. The summed E-state index contributed by atoms with van der Waals surface area (Å²) in [4.78, 5) is 42.1. The predicted octanol–water partition coefficient (Wildman–Crippen LogP) is 1.92. The molecule has 2 aliphatic rings. The molecular weight excluding hydrogens is 424 g/mol. The number of ether oxygens (including phenoxy) is 2. The van der Waals surface area contributed by atoms with Gasteiger partial charge in [0.15, 0.2) is 16.4 Å². The van der Waals surface area contributed by atoms with Crippen LogP contribution in [0.15, 0.2) is 0 Å². The van der Waals surface area contributed by atoms with Gasteiger partial charge in [0, 0.05) is 17.8 Å². The van der Waals surface area contributed by atoms with E-state index in [4.69, 9.17) is 9.47 Å². The number of aromatic amines is 1. The maximum atomic E-state index is 13.1.